The van der Waals surface area contributed by atoms with Gasteiger partial charge in [0.2, 0.25) is 0 Å². The summed E-state index contributed by atoms with van der Waals surface area (Å²) in [6.07, 6.45) is 6.09. The van der Waals surface area contributed by atoms with E-state index in [0.717, 1.165) is 24.3 Å². The lowest BCUT2D eigenvalue weighted by atomic mass is 9.83. The number of nitrogens with two attached hydrogens (primary N) is 1. The van der Waals surface area contributed by atoms with Gasteiger partial charge in [-0.25, -0.2) is 18.1 Å². The Morgan fingerprint density at radius 3 is 2.55 bits per heavy atom. The van der Waals surface area contributed by atoms with Crippen molar-refractivity contribution >= 4 is 10.0 Å². The van der Waals surface area contributed by atoms with Crippen molar-refractivity contribution in [2.24, 2.45) is 17.6 Å². The van der Waals surface area contributed by atoms with E-state index in [1.165, 1.54) is 25.1 Å². The second-order valence-corrected chi connectivity index (χ2v) is 7.40. The molecule has 5 nitrogen and oxygen atoms in total. The van der Waals surface area contributed by atoms with E-state index in [4.69, 9.17) is 5.73 Å². The summed E-state index contributed by atoms with van der Waals surface area (Å²) in [7, 11) is -3.50. The van der Waals surface area contributed by atoms with Crippen molar-refractivity contribution in [3.05, 3.63) is 23.9 Å². The van der Waals surface area contributed by atoms with E-state index in [0.29, 0.717) is 19.0 Å². The Morgan fingerprint density at radius 2 is 2.00 bits per heavy atom. The van der Waals surface area contributed by atoms with E-state index in [9.17, 15) is 8.42 Å². The van der Waals surface area contributed by atoms with Gasteiger partial charge in [0, 0.05) is 19.3 Å². The lowest BCUT2D eigenvalue weighted by Gasteiger charge is -2.26. The molecule has 0 bridgehead atoms. The molecule has 20 heavy (non-hydrogen) atoms. The minimum Gasteiger partial charge on any atom is -0.326 e. The first-order chi connectivity index (χ1) is 9.51. The molecule has 0 spiro atoms. The van der Waals surface area contributed by atoms with Crippen LogP contribution in [0.4, 0.5) is 0 Å². The highest BCUT2D eigenvalue weighted by Crippen LogP contribution is 2.27. The largest absolute Gasteiger partial charge is 0.326 e. The van der Waals surface area contributed by atoms with Gasteiger partial charge in [-0.2, -0.15) is 0 Å². The van der Waals surface area contributed by atoms with Crippen LogP contribution in [0.3, 0.4) is 0 Å². The van der Waals surface area contributed by atoms with Crippen molar-refractivity contribution in [1.82, 2.24) is 9.71 Å². The summed E-state index contributed by atoms with van der Waals surface area (Å²) in [4.78, 5) is 3.97. The zero-order valence-corrected chi connectivity index (χ0v) is 12.7. The lowest BCUT2D eigenvalue weighted by Crippen LogP contribution is -2.31. The fourth-order valence-corrected chi connectivity index (χ4v) is 3.57. The highest BCUT2D eigenvalue weighted by molar-refractivity contribution is 7.89. The molecule has 1 fully saturated rings. The van der Waals surface area contributed by atoms with Gasteiger partial charge in [0.25, 0.3) is 10.0 Å². The molecule has 1 aromatic heterocycles. The molecule has 112 valence electrons. The Morgan fingerprint density at radius 1 is 1.30 bits per heavy atom. The molecule has 1 aliphatic rings. The van der Waals surface area contributed by atoms with Crippen molar-refractivity contribution in [3.8, 4) is 0 Å². The summed E-state index contributed by atoms with van der Waals surface area (Å²) in [5.41, 5.74) is 6.30. The smallest absolute Gasteiger partial charge is 0.258 e. The maximum Gasteiger partial charge on any atom is 0.258 e. The lowest BCUT2D eigenvalue weighted by molar-refractivity contribution is 0.290. The number of hydrogen-bond acceptors (Lipinski definition) is 4. The third-order valence-electron chi connectivity index (χ3n) is 4.01. The Kier molecular flexibility index (Phi) is 5.12. The van der Waals surface area contributed by atoms with Crippen LogP contribution < -0.4 is 10.5 Å². The number of rotatable bonds is 5. The average molecular weight is 297 g/mol. The van der Waals surface area contributed by atoms with E-state index >= 15 is 0 Å². The maximum atomic E-state index is 12.1. The Bertz CT molecular complexity index is 520. The molecule has 2 rings (SSSR count). The summed E-state index contributed by atoms with van der Waals surface area (Å²) < 4.78 is 26.9. The highest BCUT2D eigenvalue weighted by atomic mass is 32.2. The standard InChI is InChI=1S/C14H23N3O2S/c1-11-2-4-12(5-3-11)10-17-20(18,19)14-7-6-13(8-15)9-16-14/h6-7,9,11-12,17H,2-5,8,10,15H2,1H3. The Balaban J connectivity index is 1.93. The predicted molar refractivity (Wildman–Crippen MR) is 78.4 cm³/mol. The third kappa shape index (κ3) is 4.01. The van der Waals surface area contributed by atoms with Crippen LogP contribution in [0.2, 0.25) is 0 Å². The molecule has 6 heteroatoms. The van der Waals surface area contributed by atoms with Crippen LogP contribution in [0.15, 0.2) is 23.4 Å². The van der Waals surface area contributed by atoms with Gasteiger partial charge in [-0.05, 0) is 36.3 Å². The first-order valence-electron chi connectivity index (χ1n) is 7.16. The number of nitrogens with one attached hydrogen (secondary N) is 1. The third-order valence-corrected chi connectivity index (χ3v) is 5.34. The van der Waals surface area contributed by atoms with E-state index in [1.54, 1.807) is 6.07 Å². The fourth-order valence-electron chi connectivity index (χ4n) is 2.53. The van der Waals surface area contributed by atoms with Crippen LogP contribution in [0.5, 0.6) is 0 Å². The summed E-state index contributed by atoms with van der Waals surface area (Å²) >= 11 is 0. The van der Waals surface area contributed by atoms with Crippen molar-refractivity contribution in [3.63, 3.8) is 0 Å². The van der Waals surface area contributed by atoms with Gasteiger partial charge in [0.1, 0.15) is 0 Å². The average Bonchev–Trinajstić information content (AvgIpc) is 2.47. The molecule has 1 saturated carbocycles. The van der Waals surface area contributed by atoms with Gasteiger partial charge in [0.15, 0.2) is 5.03 Å². The van der Waals surface area contributed by atoms with Crippen molar-refractivity contribution in [2.45, 2.75) is 44.2 Å². The number of pyridine rings is 1. The predicted octanol–water partition coefficient (Wildman–Crippen LogP) is 1.64. The van der Waals surface area contributed by atoms with Crippen molar-refractivity contribution in [2.75, 3.05) is 6.54 Å². The summed E-state index contributed by atoms with van der Waals surface area (Å²) in [6, 6.07) is 3.21. The van der Waals surface area contributed by atoms with Gasteiger partial charge in [-0.1, -0.05) is 25.8 Å². The van der Waals surface area contributed by atoms with E-state index in [1.807, 2.05) is 0 Å². The molecule has 1 aromatic rings. The van der Waals surface area contributed by atoms with Gasteiger partial charge in [-0.3, -0.25) is 0 Å². The first kappa shape index (κ1) is 15.4. The fraction of sp³-hybridized carbons (Fsp3) is 0.643. The molecular formula is C14H23N3O2S. The molecule has 0 saturated heterocycles. The van der Waals surface area contributed by atoms with Crippen LogP contribution >= 0.6 is 0 Å². The number of aromatic nitrogens is 1. The molecular weight excluding hydrogens is 274 g/mol. The summed E-state index contributed by atoms with van der Waals surface area (Å²) in [6.45, 7) is 3.12. The minimum absolute atomic E-state index is 0.0684. The maximum absolute atomic E-state index is 12.1. The van der Waals surface area contributed by atoms with Crippen molar-refractivity contribution in [1.29, 1.82) is 0 Å². The summed E-state index contributed by atoms with van der Waals surface area (Å²) in [5, 5.41) is 0.0684. The minimum atomic E-state index is -3.50. The van der Waals surface area contributed by atoms with Crippen LogP contribution in [0, 0.1) is 11.8 Å². The van der Waals surface area contributed by atoms with E-state index < -0.39 is 10.0 Å². The topological polar surface area (TPSA) is 85.1 Å². The molecule has 0 aliphatic heterocycles. The molecule has 3 N–H and O–H groups in total. The van der Waals surface area contributed by atoms with Gasteiger partial charge in [0.05, 0.1) is 0 Å². The number of nitrogens with zero attached hydrogens (tertiary/aromatic N) is 1. The van der Waals surface area contributed by atoms with E-state index in [2.05, 4.69) is 16.6 Å². The normalized spacial score (nSPS) is 23.7. The molecule has 0 aromatic carbocycles. The molecule has 0 radical (unpaired) electrons. The summed E-state index contributed by atoms with van der Waals surface area (Å²) in [5.74, 6) is 1.22. The zero-order chi connectivity index (χ0) is 14.6. The SMILES string of the molecule is CC1CCC(CNS(=O)(=O)c2ccc(CN)cn2)CC1. The molecule has 1 aliphatic carbocycles. The van der Waals surface area contributed by atoms with Gasteiger partial charge in [-0.15, -0.1) is 0 Å². The van der Waals surface area contributed by atoms with Gasteiger partial charge < -0.3 is 5.73 Å². The second kappa shape index (κ2) is 6.65. The second-order valence-electron chi connectivity index (χ2n) is 5.69. The molecule has 0 atom stereocenters. The van der Waals surface area contributed by atoms with Crippen LogP contribution in [-0.4, -0.2) is 19.9 Å². The quantitative estimate of drug-likeness (QED) is 0.865. The van der Waals surface area contributed by atoms with Crippen molar-refractivity contribution < 1.29 is 8.42 Å². The van der Waals surface area contributed by atoms with Crippen LogP contribution in [0.25, 0.3) is 0 Å². The molecule has 1 heterocycles. The highest BCUT2D eigenvalue weighted by Gasteiger charge is 2.21. The molecule has 0 unspecified atom stereocenters. The Hall–Kier alpha value is -0.980. The van der Waals surface area contributed by atoms with E-state index in [-0.39, 0.29) is 5.03 Å². The Labute approximate surface area is 121 Å². The van der Waals surface area contributed by atoms with Gasteiger partial charge >= 0.3 is 0 Å². The van der Waals surface area contributed by atoms with Crippen LogP contribution in [-0.2, 0) is 16.6 Å². The monoisotopic (exact) mass is 297 g/mol. The van der Waals surface area contributed by atoms with Crippen LogP contribution in [0.1, 0.15) is 38.2 Å². The number of hydrogen-bond donors (Lipinski definition) is 2. The number of sulfonamides is 1. The molecule has 0 amide bonds. The first-order valence-corrected chi connectivity index (χ1v) is 8.64. The zero-order valence-electron chi connectivity index (χ0n) is 11.9.